The summed E-state index contributed by atoms with van der Waals surface area (Å²) in [6.07, 6.45) is 0. The molecule has 0 aliphatic rings. The van der Waals surface area contributed by atoms with E-state index in [1.165, 1.54) is 6.55 Å². The van der Waals surface area contributed by atoms with Crippen LogP contribution in [0.1, 0.15) is 0 Å². The minimum Gasteiger partial charge on any atom is -0.410 e. The first-order chi connectivity index (χ1) is 3.13. The van der Waals surface area contributed by atoms with Gasteiger partial charge in [0.15, 0.2) is 0 Å². The van der Waals surface area contributed by atoms with Gasteiger partial charge in [0.1, 0.15) is 0 Å². The Hall–Kier alpha value is -1.73. The van der Waals surface area contributed by atoms with E-state index >= 15 is 0 Å². The van der Waals surface area contributed by atoms with Gasteiger partial charge in [0.25, 0.3) is 0 Å². The maximum atomic E-state index is 8.31. The molecule has 3 N–H and O–H groups in total. The molecular formula is CH6O4Rf2Si2. The van der Waals surface area contributed by atoms with Crippen molar-refractivity contribution in [3.05, 3.63) is 0 Å². The normalized spacial score (nSPS) is 8.67. The van der Waals surface area contributed by atoms with Gasteiger partial charge in [-0.1, -0.05) is 0 Å². The summed E-state index contributed by atoms with van der Waals surface area (Å²) in [5.74, 6) is 0. The first kappa shape index (κ1) is 15.7. The summed E-state index contributed by atoms with van der Waals surface area (Å²) in [6.45, 7) is 1.40. The monoisotopic (exact) mass is 672 g/mol. The van der Waals surface area contributed by atoms with Crippen LogP contribution in [-0.4, -0.2) is 33.2 Å². The van der Waals surface area contributed by atoms with E-state index in [-0.39, 0.29) is 0 Å². The summed E-state index contributed by atoms with van der Waals surface area (Å²) in [5, 5.41) is 0. The zero-order valence-corrected chi connectivity index (χ0v) is 20.0. The molecule has 0 fully saturated rings. The molecule has 0 bridgehead atoms. The summed E-state index contributed by atoms with van der Waals surface area (Å²) in [5.41, 5.74) is 0. The van der Waals surface area contributed by atoms with E-state index in [0.717, 1.165) is 0 Å². The molecule has 46 valence electrons. The van der Waals surface area contributed by atoms with Crippen molar-refractivity contribution in [3.8, 4) is 0 Å². The molecule has 0 atom stereocenters. The Morgan fingerprint density at radius 3 is 1.44 bits per heavy atom. The summed E-state index contributed by atoms with van der Waals surface area (Å²) >= 11 is 0. The smallest absolute Gasteiger partial charge is 0.410 e. The molecule has 0 unspecified atom stereocenters. The molecule has 0 saturated carbocycles. The molecular weight excluding hydrogens is 666 g/mol. The maximum Gasteiger partial charge on any atom is 0.562 e. The van der Waals surface area contributed by atoms with Gasteiger partial charge in [-0.05, 0) is 6.55 Å². The van der Waals surface area contributed by atoms with Gasteiger partial charge < -0.3 is 18.5 Å². The fourth-order valence-corrected chi connectivity index (χ4v) is 1.19. The van der Waals surface area contributed by atoms with Gasteiger partial charge in [0, 0.05) is 0 Å². The molecule has 9 heavy (non-hydrogen) atoms. The van der Waals surface area contributed by atoms with E-state index in [4.69, 9.17) is 14.4 Å². The molecule has 0 aliphatic heterocycles. The number of rotatable bonds is 2. The van der Waals surface area contributed by atoms with Crippen LogP contribution >= 0.6 is 0 Å². The van der Waals surface area contributed by atoms with Crippen molar-refractivity contribution in [1.82, 2.24) is 0 Å². The second kappa shape index (κ2) is 6.27. The average molecular weight is 672 g/mol. The molecule has 8 heteroatoms. The minimum absolute atomic E-state index is 0. The molecule has 2 radical (unpaired) electrons. The predicted octanol–water partition coefficient (Wildman–Crippen LogP) is -1.92. The predicted molar refractivity (Wildman–Crippen MR) is 25.1 cm³/mol. The van der Waals surface area contributed by atoms with Gasteiger partial charge in [-0.3, -0.25) is 0 Å². The van der Waals surface area contributed by atoms with Crippen molar-refractivity contribution >= 4 is 18.8 Å². The Bertz CT molecular complexity index is 45.8. The number of hydrogen-bond acceptors (Lipinski definition) is 4. The Kier molecular flexibility index (Phi) is 10.9. The molecule has 0 aromatic heterocycles. The molecule has 0 spiro atoms. The Balaban J connectivity index is -0.000000180. The molecule has 0 aliphatic carbocycles. The van der Waals surface area contributed by atoms with Crippen LogP contribution in [0, 0.1) is 0 Å². The van der Waals surface area contributed by atoms with Crippen molar-refractivity contribution in [2.75, 3.05) is 0 Å². The molecule has 0 heterocycles. The fourth-order valence-electron chi connectivity index (χ4n) is 0.132. The Labute approximate surface area is 44.8 Å². The van der Waals surface area contributed by atoms with Gasteiger partial charge in [0.2, 0.25) is 0 Å². The molecule has 0 rings (SSSR count). The van der Waals surface area contributed by atoms with Crippen molar-refractivity contribution in [3.63, 3.8) is 0 Å². The summed E-state index contributed by atoms with van der Waals surface area (Å²) in [7, 11) is -4.53. The van der Waals surface area contributed by atoms with Gasteiger partial charge in [-0.15, -0.1) is 0 Å². The SMILES string of the molecule is C[Si](O)O[Si](O)O.[Rf].[Rf]. The molecule has 0 aromatic rings. The van der Waals surface area contributed by atoms with Gasteiger partial charge in [-0.25, -0.2) is 0 Å². The van der Waals surface area contributed by atoms with Crippen LogP contribution in [0.15, 0.2) is 0 Å². The van der Waals surface area contributed by atoms with E-state index < -0.39 is 18.8 Å². The quantitative estimate of drug-likeness (QED) is 0.300. The average Bonchev–Trinajstić information content (AvgIpc) is 1.27. The Morgan fingerprint density at radius 1 is 1.11 bits per heavy atom. The summed E-state index contributed by atoms with van der Waals surface area (Å²) in [6, 6.07) is 0. The van der Waals surface area contributed by atoms with Crippen molar-refractivity contribution in [1.29, 1.82) is 0 Å². The van der Waals surface area contributed by atoms with Crippen LogP contribution in [0.2, 0.25) is 6.55 Å². The molecule has 0 aromatic carbocycles. The van der Waals surface area contributed by atoms with Gasteiger partial charge in [-0.2, -0.15) is 0 Å². The molecule has 0 amide bonds. The zero-order chi connectivity index (χ0) is 5.86. The summed E-state index contributed by atoms with van der Waals surface area (Å²) < 4.78 is 4.12. The zero-order valence-electron chi connectivity index (χ0n) is 5.16. The van der Waals surface area contributed by atoms with E-state index in [1.54, 1.807) is 0 Å². The second-order valence-electron chi connectivity index (χ2n) is 0.904. The first-order valence-corrected chi connectivity index (χ1v) is 4.74. The third-order valence-corrected chi connectivity index (χ3v) is 2.15. The third-order valence-electron chi connectivity index (χ3n) is 0.239. The first-order valence-electron chi connectivity index (χ1n) is 1.58. The summed E-state index contributed by atoms with van der Waals surface area (Å²) in [4.78, 5) is 24.4. The van der Waals surface area contributed by atoms with Crippen molar-refractivity contribution < 1.29 is 18.5 Å². The van der Waals surface area contributed by atoms with E-state index in [1.807, 2.05) is 0 Å². The molecule has 4 nitrogen and oxygen atoms in total. The van der Waals surface area contributed by atoms with Crippen LogP contribution in [0.5, 0.6) is 0 Å². The number of hydrogen-bond donors (Lipinski definition) is 3. The van der Waals surface area contributed by atoms with Crippen LogP contribution in [0.25, 0.3) is 0 Å². The third kappa shape index (κ3) is 22.2. The largest absolute Gasteiger partial charge is 0.562 e. The second-order valence-corrected chi connectivity index (χ2v) is 3.32. The fraction of sp³-hybridized carbons (Fsp3) is 1.00. The van der Waals surface area contributed by atoms with Crippen LogP contribution in [0.3, 0.4) is 0 Å². The molecule has 0 saturated heterocycles. The van der Waals surface area contributed by atoms with E-state index in [2.05, 4.69) is 4.12 Å². The van der Waals surface area contributed by atoms with Crippen LogP contribution in [-0.2, 0) is 4.12 Å². The van der Waals surface area contributed by atoms with E-state index in [9.17, 15) is 0 Å². The van der Waals surface area contributed by atoms with Crippen LogP contribution in [0.4, 0.5) is 0 Å². The Morgan fingerprint density at radius 2 is 1.44 bits per heavy atom. The standard InChI is InChI=1S/CH6O4Si2.2Rf/c1-6(2)5-7(3)4;;/h2-4H,1H3;;. The van der Waals surface area contributed by atoms with Crippen molar-refractivity contribution in [2.45, 2.75) is 6.55 Å². The van der Waals surface area contributed by atoms with E-state index in [0.29, 0.717) is 0 Å². The van der Waals surface area contributed by atoms with Gasteiger partial charge >= 0.3 is 18.8 Å². The van der Waals surface area contributed by atoms with Crippen LogP contribution < -0.4 is 0 Å². The van der Waals surface area contributed by atoms with Crippen molar-refractivity contribution in [2.24, 2.45) is 0 Å². The maximum absolute atomic E-state index is 8.31. The topological polar surface area (TPSA) is 69.9 Å². The van der Waals surface area contributed by atoms with Gasteiger partial charge in [0.05, 0.1) is 0 Å². The minimum atomic E-state index is -2.64.